The summed E-state index contributed by atoms with van der Waals surface area (Å²) < 4.78 is 0. The first kappa shape index (κ1) is 20.1. The van der Waals surface area contributed by atoms with Crippen molar-refractivity contribution in [2.24, 2.45) is 0 Å². The van der Waals surface area contributed by atoms with Gasteiger partial charge in [0.05, 0.1) is 24.2 Å². The quantitative estimate of drug-likeness (QED) is 0.484. The number of para-hydroxylation sites is 1. The van der Waals surface area contributed by atoms with Gasteiger partial charge in [-0.15, -0.1) is 0 Å². The SMILES string of the molecule is O=C(O)CN1C(=O)[C@@]2(CC(=O)N(Cc3ccc4ccccc4n3)C2=O)c2cc(Cl)ccc21. The summed E-state index contributed by atoms with van der Waals surface area (Å²) in [4.78, 5) is 57.8. The average molecular weight is 450 g/mol. The Bertz CT molecular complexity index is 1340. The van der Waals surface area contributed by atoms with Crippen molar-refractivity contribution in [1.29, 1.82) is 0 Å². The highest BCUT2D eigenvalue weighted by Crippen LogP contribution is 2.49. The molecule has 1 fully saturated rings. The fourth-order valence-corrected chi connectivity index (χ4v) is 4.64. The van der Waals surface area contributed by atoms with Gasteiger partial charge in [0.25, 0.3) is 0 Å². The lowest BCUT2D eigenvalue weighted by Gasteiger charge is -2.21. The van der Waals surface area contributed by atoms with Crippen molar-refractivity contribution in [3.05, 3.63) is 70.9 Å². The molecular weight excluding hydrogens is 434 g/mol. The Balaban J connectivity index is 1.55. The smallest absolute Gasteiger partial charge is 0.323 e. The van der Waals surface area contributed by atoms with Gasteiger partial charge >= 0.3 is 5.97 Å². The molecule has 2 aromatic carbocycles. The third-order valence-corrected chi connectivity index (χ3v) is 6.15. The molecule has 8 nitrogen and oxygen atoms in total. The molecule has 1 saturated heterocycles. The number of nitrogens with zero attached hydrogens (tertiary/aromatic N) is 3. The normalized spacial score (nSPS) is 20.0. The highest BCUT2D eigenvalue weighted by Gasteiger charge is 2.64. The second kappa shape index (κ2) is 7.13. The number of fused-ring (bicyclic) bond motifs is 3. The number of carboxylic acids is 1. The number of carbonyl (C=O) groups excluding carboxylic acids is 3. The number of rotatable bonds is 4. The van der Waals surface area contributed by atoms with E-state index < -0.39 is 35.7 Å². The number of hydrogen-bond acceptors (Lipinski definition) is 5. The second-order valence-corrected chi connectivity index (χ2v) is 8.25. The number of anilines is 1. The molecule has 0 aliphatic carbocycles. The first-order chi connectivity index (χ1) is 15.3. The topological polar surface area (TPSA) is 108 Å². The molecule has 2 aliphatic heterocycles. The highest BCUT2D eigenvalue weighted by molar-refractivity contribution is 6.32. The highest BCUT2D eigenvalue weighted by atomic mass is 35.5. The van der Waals surface area contributed by atoms with Crippen molar-refractivity contribution in [2.45, 2.75) is 18.4 Å². The maximum atomic E-state index is 13.6. The van der Waals surface area contributed by atoms with Crippen molar-refractivity contribution in [2.75, 3.05) is 11.4 Å². The number of pyridine rings is 1. The molecule has 2 aliphatic rings. The number of amides is 3. The number of benzene rings is 2. The minimum atomic E-state index is -1.82. The average Bonchev–Trinajstić information content (AvgIpc) is 3.14. The van der Waals surface area contributed by atoms with E-state index in [0.717, 1.165) is 20.7 Å². The molecule has 1 spiro atoms. The summed E-state index contributed by atoms with van der Waals surface area (Å²) in [7, 11) is 0. The lowest BCUT2D eigenvalue weighted by atomic mass is 9.80. The summed E-state index contributed by atoms with van der Waals surface area (Å²) in [6, 6.07) is 15.5. The predicted molar refractivity (Wildman–Crippen MR) is 115 cm³/mol. The van der Waals surface area contributed by atoms with E-state index in [1.54, 1.807) is 6.07 Å². The summed E-state index contributed by atoms with van der Waals surface area (Å²) in [6.45, 7) is -0.713. The molecule has 0 bridgehead atoms. The summed E-state index contributed by atoms with van der Waals surface area (Å²) >= 11 is 6.13. The number of aromatic nitrogens is 1. The van der Waals surface area contributed by atoms with Gasteiger partial charge in [-0.05, 0) is 30.3 Å². The van der Waals surface area contributed by atoms with Crippen molar-refractivity contribution in [3.8, 4) is 0 Å². The van der Waals surface area contributed by atoms with Crippen LogP contribution in [0, 0.1) is 0 Å². The summed E-state index contributed by atoms with van der Waals surface area (Å²) in [5, 5.41) is 10.5. The molecule has 3 heterocycles. The molecule has 1 N–H and O–H groups in total. The summed E-state index contributed by atoms with van der Waals surface area (Å²) in [6.07, 6.45) is -0.387. The van der Waals surface area contributed by atoms with Crippen molar-refractivity contribution in [3.63, 3.8) is 0 Å². The van der Waals surface area contributed by atoms with Crippen LogP contribution in [0.15, 0.2) is 54.6 Å². The summed E-state index contributed by atoms with van der Waals surface area (Å²) in [5.74, 6) is -3.19. The molecule has 0 radical (unpaired) electrons. The number of carboxylic acid groups (broad SMARTS) is 1. The molecule has 3 aromatic rings. The Kier molecular flexibility index (Phi) is 4.49. The van der Waals surface area contributed by atoms with Crippen LogP contribution in [0.2, 0.25) is 5.02 Å². The third-order valence-electron chi connectivity index (χ3n) is 5.92. The number of hydrogen-bond donors (Lipinski definition) is 1. The molecule has 3 amide bonds. The molecule has 32 heavy (non-hydrogen) atoms. The van der Waals surface area contributed by atoms with Crippen LogP contribution in [0.3, 0.4) is 0 Å². The van der Waals surface area contributed by atoms with E-state index in [1.807, 2.05) is 30.3 Å². The fourth-order valence-electron chi connectivity index (χ4n) is 4.47. The van der Waals surface area contributed by atoms with Gasteiger partial charge in [0, 0.05) is 21.7 Å². The van der Waals surface area contributed by atoms with Crippen LogP contribution in [-0.4, -0.2) is 45.2 Å². The Morgan fingerprint density at radius 2 is 1.78 bits per heavy atom. The van der Waals surface area contributed by atoms with Crippen molar-refractivity contribution >= 4 is 51.9 Å². The molecular formula is C23H16ClN3O5. The van der Waals surface area contributed by atoms with Gasteiger partial charge in [-0.1, -0.05) is 35.9 Å². The molecule has 0 unspecified atom stereocenters. The second-order valence-electron chi connectivity index (χ2n) is 7.81. The van der Waals surface area contributed by atoms with E-state index in [9.17, 15) is 24.3 Å². The minimum Gasteiger partial charge on any atom is -0.480 e. The van der Waals surface area contributed by atoms with Crippen molar-refractivity contribution in [1.82, 2.24) is 9.88 Å². The third kappa shape index (κ3) is 2.87. The van der Waals surface area contributed by atoms with Crippen LogP contribution in [0.5, 0.6) is 0 Å². The van der Waals surface area contributed by atoms with E-state index in [2.05, 4.69) is 4.98 Å². The van der Waals surface area contributed by atoms with Crippen LogP contribution in [-0.2, 0) is 31.1 Å². The van der Waals surface area contributed by atoms with Crippen LogP contribution in [0.4, 0.5) is 5.69 Å². The van der Waals surface area contributed by atoms with Crippen LogP contribution in [0.1, 0.15) is 17.7 Å². The standard InChI is InChI=1S/C23H16ClN3O5/c24-14-6-8-18-16(9-14)23(21(31)26(18)12-20(29)30)10-19(28)27(22(23)32)11-15-7-5-13-3-1-2-4-17(13)25-15/h1-9H,10-12H2,(H,29,30)/t23-/m1/s1. The van der Waals surface area contributed by atoms with E-state index >= 15 is 0 Å². The van der Waals surface area contributed by atoms with Gasteiger partial charge in [0.15, 0.2) is 5.41 Å². The zero-order valence-corrected chi connectivity index (χ0v) is 17.4. The van der Waals surface area contributed by atoms with Crippen LogP contribution >= 0.6 is 11.6 Å². The zero-order valence-electron chi connectivity index (χ0n) is 16.6. The maximum Gasteiger partial charge on any atom is 0.323 e. The maximum absolute atomic E-state index is 13.6. The van der Waals surface area contributed by atoms with E-state index in [0.29, 0.717) is 5.69 Å². The Morgan fingerprint density at radius 3 is 2.56 bits per heavy atom. The summed E-state index contributed by atoms with van der Waals surface area (Å²) in [5.41, 5.74) is -0.0665. The van der Waals surface area contributed by atoms with Gasteiger partial charge in [-0.25, -0.2) is 0 Å². The predicted octanol–water partition coefficient (Wildman–Crippen LogP) is 2.52. The minimum absolute atomic E-state index is 0.0909. The number of likely N-dealkylation sites (tertiary alicyclic amines) is 1. The van der Waals surface area contributed by atoms with Crippen molar-refractivity contribution < 1.29 is 24.3 Å². The number of imide groups is 1. The zero-order chi connectivity index (χ0) is 22.6. The number of aliphatic carboxylic acids is 1. The first-order valence-corrected chi connectivity index (χ1v) is 10.2. The van der Waals surface area contributed by atoms with Gasteiger partial charge in [-0.2, -0.15) is 0 Å². The van der Waals surface area contributed by atoms with E-state index in [4.69, 9.17) is 11.6 Å². The number of halogens is 1. The molecule has 5 rings (SSSR count). The largest absolute Gasteiger partial charge is 0.480 e. The molecule has 160 valence electrons. The molecule has 1 atom stereocenters. The molecule has 1 aromatic heterocycles. The lowest BCUT2D eigenvalue weighted by molar-refractivity contribution is -0.143. The fraction of sp³-hybridized carbons (Fsp3) is 0.174. The first-order valence-electron chi connectivity index (χ1n) is 9.84. The Morgan fingerprint density at radius 1 is 1.03 bits per heavy atom. The number of carbonyl (C=O) groups is 4. The van der Waals surface area contributed by atoms with E-state index in [1.165, 1.54) is 18.2 Å². The van der Waals surface area contributed by atoms with Gasteiger partial charge in [0.2, 0.25) is 17.7 Å². The van der Waals surface area contributed by atoms with Gasteiger partial charge < -0.3 is 5.11 Å². The van der Waals surface area contributed by atoms with Gasteiger partial charge in [-0.3, -0.25) is 34.0 Å². The monoisotopic (exact) mass is 449 g/mol. The van der Waals surface area contributed by atoms with Gasteiger partial charge in [0.1, 0.15) is 6.54 Å². The van der Waals surface area contributed by atoms with Crippen LogP contribution in [0.25, 0.3) is 10.9 Å². The van der Waals surface area contributed by atoms with E-state index in [-0.39, 0.29) is 29.2 Å². The van der Waals surface area contributed by atoms with Crippen LogP contribution < -0.4 is 4.90 Å². The molecule has 9 heteroatoms. The molecule has 0 saturated carbocycles. The Hall–Kier alpha value is -3.78. The Labute approximate surface area is 187 Å². The lowest BCUT2D eigenvalue weighted by Crippen LogP contribution is -2.47.